The highest BCUT2D eigenvalue weighted by molar-refractivity contribution is 6.30. The lowest BCUT2D eigenvalue weighted by atomic mass is 10.0. The molecule has 0 unspecified atom stereocenters. The fraction of sp³-hybridized carbons (Fsp3) is 0.444. The standard InChI is InChI=1S/C18H23ClN2O6/c1-10(2)9-14(20-16(23)12-5-7-13(19)8-6-12)17(24)27-11(3)15(22)21-18(25)26-4/h5-8,10-11,14H,9H2,1-4H3,(H,20,23)(H,21,22,25)/t11-,14-/m0/s1. The summed E-state index contributed by atoms with van der Waals surface area (Å²) in [7, 11) is 1.10. The van der Waals surface area contributed by atoms with Crippen LogP contribution in [0.15, 0.2) is 24.3 Å². The molecule has 1 aromatic rings. The van der Waals surface area contributed by atoms with Crippen LogP contribution in [0.2, 0.25) is 5.02 Å². The third kappa shape index (κ3) is 7.65. The summed E-state index contributed by atoms with van der Waals surface area (Å²) in [6.45, 7) is 5.06. The van der Waals surface area contributed by atoms with Gasteiger partial charge in [-0.1, -0.05) is 25.4 Å². The average molecular weight is 399 g/mol. The third-order valence-corrected chi connectivity index (χ3v) is 3.73. The fourth-order valence-electron chi connectivity index (χ4n) is 2.09. The molecule has 0 fully saturated rings. The van der Waals surface area contributed by atoms with Gasteiger partial charge < -0.3 is 14.8 Å². The Bertz CT molecular complexity index is 690. The number of amides is 3. The Morgan fingerprint density at radius 3 is 2.19 bits per heavy atom. The van der Waals surface area contributed by atoms with Crippen LogP contribution in [-0.4, -0.2) is 43.1 Å². The number of halogens is 1. The summed E-state index contributed by atoms with van der Waals surface area (Å²) < 4.78 is 9.39. The number of benzene rings is 1. The zero-order valence-electron chi connectivity index (χ0n) is 15.6. The molecule has 0 saturated carbocycles. The molecule has 0 spiro atoms. The number of imide groups is 1. The number of carbonyl (C=O) groups is 4. The minimum atomic E-state index is -1.24. The number of rotatable bonds is 7. The Hall–Kier alpha value is -2.61. The molecule has 0 radical (unpaired) electrons. The molecule has 148 valence electrons. The van der Waals surface area contributed by atoms with Crippen molar-refractivity contribution in [2.75, 3.05) is 7.11 Å². The Labute approximate surface area is 162 Å². The molecule has 8 nitrogen and oxygen atoms in total. The minimum Gasteiger partial charge on any atom is -0.453 e. The van der Waals surface area contributed by atoms with E-state index < -0.39 is 36.0 Å². The largest absolute Gasteiger partial charge is 0.453 e. The second-order valence-corrected chi connectivity index (χ2v) is 6.66. The quantitative estimate of drug-likeness (QED) is 0.682. The van der Waals surface area contributed by atoms with Gasteiger partial charge in [-0.05, 0) is 43.5 Å². The highest BCUT2D eigenvalue weighted by atomic mass is 35.5. The minimum absolute atomic E-state index is 0.0762. The van der Waals surface area contributed by atoms with E-state index in [4.69, 9.17) is 16.3 Å². The first-order valence-electron chi connectivity index (χ1n) is 8.29. The van der Waals surface area contributed by atoms with Crippen molar-refractivity contribution < 1.29 is 28.7 Å². The van der Waals surface area contributed by atoms with Crippen LogP contribution in [0.5, 0.6) is 0 Å². The maximum Gasteiger partial charge on any atom is 0.413 e. The lowest BCUT2D eigenvalue weighted by Gasteiger charge is -2.21. The van der Waals surface area contributed by atoms with E-state index >= 15 is 0 Å². The molecule has 2 N–H and O–H groups in total. The zero-order valence-corrected chi connectivity index (χ0v) is 16.3. The van der Waals surface area contributed by atoms with E-state index in [1.165, 1.54) is 19.1 Å². The van der Waals surface area contributed by atoms with Crippen molar-refractivity contribution in [1.82, 2.24) is 10.6 Å². The Kier molecular flexibility index (Phi) is 8.74. The molecule has 1 rings (SSSR count). The summed E-state index contributed by atoms with van der Waals surface area (Å²) in [4.78, 5) is 47.6. The number of methoxy groups -OCH3 is 1. The van der Waals surface area contributed by atoms with Crippen LogP contribution in [-0.2, 0) is 19.1 Å². The molecule has 0 aliphatic heterocycles. The van der Waals surface area contributed by atoms with Crippen LogP contribution < -0.4 is 10.6 Å². The fourth-order valence-corrected chi connectivity index (χ4v) is 2.22. The molecule has 0 saturated heterocycles. The summed E-state index contributed by atoms with van der Waals surface area (Å²) in [6.07, 6.45) is -1.89. The number of alkyl carbamates (subject to hydrolysis) is 1. The summed E-state index contributed by atoms with van der Waals surface area (Å²) >= 11 is 5.80. The van der Waals surface area contributed by atoms with Gasteiger partial charge >= 0.3 is 12.1 Å². The zero-order chi connectivity index (χ0) is 20.6. The van der Waals surface area contributed by atoms with Crippen molar-refractivity contribution in [3.8, 4) is 0 Å². The number of hydrogen-bond acceptors (Lipinski definition) is 6. The monoisotopic (exact) mass is 398 g/mol. The van der Waals surface area contributed by atoms with Crippen LogP contribution >= 0.6 is 11.6 Å². The number of nitrogens with one attached hydrogen (secondary N) is 2. The molecule has 2 atom stereocenters. The van der Waals surface area contributed by atoms with E-state index in [-0.39, 0.29) is 5.92 Å². The summed E-state index contributed by atoms with van der Waals surface area (Å²) in [6, 6.07) is 5.22. The number of ether oxygens (including phenoxy) is 2. The van der Waals surface area contributed by atoms with Gasteiger partial charge in [0.05, 0.1) is 7.11 Å². The van der Waals surface area contributed by atoms with Gasteiger partial charge in [0.1, 0.15) is 6.04 Å². The predicted octanol–water partition coefficient (Wildman–Crippen LogP) is 2.30. The van der Waals surface area contributed by atoms with E-state index in [2.05, 4.69) is 10.1 Å². The van der Waals surface area contributed by atoms with Crippen molar-refractivity contribution in [3.05, 3.63) is 34.9 Å². The van der Waals surface area contributed by atoms with Crippen LogP contribution in [0.4, 0.5) is 4.79 Å². The van der Waals surface area contributed by atoms with Gasteiger partial charge in [-0.15, -0.1) is 0 Å². The molecule has 9 heteroatoms. The van der Waals surface area contributed by atoms with Crippen LogP contribution in [0.25, 0.3) is 0 Å². The molecular formula is C18H23ClN2O6. The predicted molar refractivity (Wildman–Crippen MR) is 98.3 cm³/mol. The topological polar surface area (TPSA) is 111 Å². The van der Waals surface area contributed by atoms with Gasteiger partial charge in [-0.2, -0.15) is 0 Å². The second kappa shape index (κ2) is 10.5. The van der Waals surface area contributed by atoms with Crippen molar-refractivity contribution in [3.63, 3.8) is 0 Å². The molecule has 1 aromatic carbocycles. The molecule has 0 heterocycles. The Morgan fingerprint density at radius 1 is 1.07 bits per heavy atom. The number of hydrogen-bond donors (Lipinski definition) is 2. The first-order valence-corrected chi connectivity index (χ1v) is 8.67. The normalized spacial score (nSPS) is 12.7. The summed E-state index contributed by atoms with van der Waals surface area (Å²) in [5.74, 6) is -2.01. The van der Waals surface area contributed by atoms with Gasteiger partial charge in [0, 0.05) is 10.6 Å². The van der Waals surface area contributed by atoms with Crippen LogP contribution in [0.3, 0.4) is 0 Å². The Balaban J connectivity index is 2.78. The number of esters is 1. The second-order valence-electron chi connectivity index (χ2n) is 6.22. The molecule has 27 heavy (non-hydrogen) atoms. The highest BCUT2D eigenvalue weighted by Crippen LogP contribution is 2.12. The molecule has 3 amide bonds. The van der Waals surface area contributed by atoms with Crippen LogP contribution in [0, 0.1) is 5.92 Å². The average Bonchev–Trinajstić information content (AvgIpc) is 2.60. The van der Waals surface area contributed by atoms with E-state index in [1.54, 1.807) is 12.1 Å². The first-order chi connectivity index (χ1) is 12.6. The van der Waals surface area contributed by atoms with Gasteiger partial charge in [-0.3, -0.25) is 14.9 Å². The van der Waals surface area contributed by atoms with E-state index in [0.717, 1.165) is 7.11 Å². The van der Waals surface area contributed by atoms with Crippen molar-refractivity contribution in [2.45, 2.75) is 39.3 Å². The van der Waals surface area contributed by atoms with Crippen molar-refractivity contribution in [1.29, 1.82) is 0 Å². The molecule has 0 aliphatic rings. The molecule has 0 aliphatic carbocycles. The lowest BCUT2D eigenvalue weighted by Crippen LogP contribution is -2.46. The van der Waals surface area contributed by atoms with Gasteiger partial charge in [0.2, 0.25) is 0 Å². The Morgan fingerprint density at radius 2 is 1.67 bits per heavy atom. The SMILES string of the molecule is COC(=O)NC(=O)[C@H](C)OC(=O)[C@H](CC(C)C)NC(=O)c1ccc(Cl)cc1. The maximum absolute atomic E-state index is 12.4. The maximum atomic E-state index is 12.4. The summed E-state index contributed by atoms with van der Waals surface area (Å²) in [5, 5.41) is 4.99. The van der Waals surface area contributed by atoms with Crippen molar-refractivity contribution >= 4 is 35.5 Å². The first kappa shape index (κ1) is 22.4. The van der Waals surface area contributed by atoms with E-state index in [9.17, 15) is 19.2 Å². The highest BCUT2D eigenvalue weighted by Gasteiger charge is 2.28. The number of carbonyl (C=O) groups excluding carboxylic acids is 4. The van der Waals surface area contributed by atoms with Gasteiger partial charge in [0.15, 0.2) is 6.10 Å². The van der Waals surface area contributed by atoms with Gasteiger partial charge in [0.25, 0.3) is 11.8 Å². The van der Waals surface area contributed by atoms with E-state index in [1.807, 2.05) is 19.2 Å². The lowest BCUT2D eigenvalue weighted by molar-refractivity contribution is -0.156. The third-order valence-electron chi connectivity index (χ3n) is 3.48. The van der Waals surface area contributed by atoms with E-state index in [0.29, 0.717) is 17.0 Å². The molecule has 0 bridgehead atoms. The summed E-state index contributed by atoms with van der Waals surface area (Å²) in [5.41, 5.74) is 0.331. The van der Waals surface area contributed by atoms with Gasteiger partial charge in [-0.25, -0.2) is 9.59 Å². The molecular weight excluding hydrogens is 376 g/mol. The van der Waals surface area contributed by atoms with Crippen LogP contribution in [0.1, 0.15) is 37.6 Å². The van der Waals surface area contributed by atoms with Crippen molar-refractivity contribution in [2.24, 2.45) is 5.92 Å². The smallest absolute Gasteiger partial charge is 0.413 e. The molecule has 0 aromatic heterocycles.